The fraction of sp³-hybridized carbons (Fsp3) is 0.500. The van der Waals surface area contributed by atoms with Crippen molar-refractivity contribution in [1.29, 1.82) is 0 Å². The van der Waals surface area contributed by atoms with Crippen molar-refractivity contribution in [2.45, 2.75) is 46.6 Å². The van der Waals surface area contributed by atoms with Crippen molar-refractivity contribution in [3.63, 3.8) is 0 Å². The molecule has 0 atom stereocenters. The topological polar surface area (TPSA) is 47.8 Å². The Labute approximate surface area is 117 Å². The number of hydrogen-bond donors (Lipinski definition) is 0. The molecule has 5 heteroatoms. The molecular formula is C14H19N3OS. The zero-order valence-corrected chi connectivity index (χ0v) is 12.8. The standard InChI is InChI=1S/C14H19N3OS/c1-9-10(2)19-12(15-9)8-17-13(18)7-6-11(16-17)14(3,4)5/h6-7H,8H2,1-5H3. The fourth-order valence-electron chi connectivity index (χ4n) is 1.70. The molecule has 0 bridgehead atoms. The van der Waals surface area contributed by atoms with Crippen molar-refractivity contribution in [1.82, 2.24) is 14.8 Å². The second-order valence-corrected chi connectivity index (χ2v) is 7.00. The zero-order chi connectivity index (χ0) is 14.2. The smallest absolute Gasteiger partial charge is 0.267 e. The van der Waals surface area contributed by atoms with Gasteiger partial charge in [0.2, 0.25) is 0 Å². The molecule has 19 heavy (non-hydrogen) atoms. The van der Waals surface area contributed by atoms with E-state index in [2.05, 4.69) is 30.9 Å². The van der Waals surface area contributed by atoms with Crippen LogP contribution in [0.25, 0.3) is 0 Å². The van der Waals surface area contributed by atoms with E-state index in [-0.39, 0.29) is 11.0 Å². The van der Waals surface area contributed by atoms with Crippen LogP contribution in [-0.2, 0) is 12.0 Å². The van der Waals surface area contributed by atoms with Crippen LogP contribution in [0.5, 0.6) is 0 Å². The van der Waals surface area contributed by atoms with E-state index in [9.17, 15) is 4.79 Å². The molecule has 0 N–H and O–H groups in total. The first kappa shape index (κ1) is 13.9. The Balaban J connectivity index is 2.37. The summed E-state index contributed by atoms with van der Waals surface area (Å²) in [6.07, 6.45) is 0. The minimum Gasteiger partial charge on any atom is -0.268 e. The Morgan fingerprint density at radius 1 is 1.26 bits per heavy atom. The molecule has 0 fully saturated rings. The highest BCUT2D eigenvalue weighted by atomic mass is 32.1. The van der Waals surface area contributed by atoms with E-state index in [0.29, 0.717) is 6.54 Å². The number of hydrogen-bond acceptors (Lipinski definition) is 4. The van der Waals surface area contributed by atoms with Crippen LogP contribution in [0.15, 0.2) is 16.9 Å². The van der Waals surface area contributed by atoms with Gasteiger partial charge in [-0.05, 0) is 19.9 Å². The molecule has 2 heterocycles. The fourth-order valence-corrected chi connectivity index (χ4v) is 2.61. The molecule has 0 amide bonds. The Morgan fingerprint density at radius 2 is 1.95 bits per heavy atom. The average Bonchev–Trinajstić information content (AvgIpc) is 2.59. The van der Waals surface area contributed by atoms with E-state index in [0.717, 1.165) is 16.4 Å². The van der Waals surface area contributed by atoms with Crippen molar-refractivity contribution in [3.05, 3.63) is 43.8 Å². The van der Waals surface area contributed by atoms with E-state index in [1.54, 1.807) is 23.5 Å². The van der Waals surface area contributed by atoms with Crippen molar-refractivity contribution >= 4 is 11.3 Å². The maximum absolute atomic E-state index is 11.9. The largest absolute Gasteiger partial charge is 0.268 e. The third-order valence-corrected chi connectivity index (χ3v) is 4.05. The highest BCUT2D eigenvalue weighted by Crippen LogP contribution is 2.19. The Morgan fingerprint density at radius 3 is 2.47 bits per heavy atom. The van der Waals surface area contributed by atoms with Gasteiger partial charge in [0.25, 0.3) is 5.56 Å². The third kappa shape index (κ3) is 3.10. The highest BCUT2D eigenvalue weighted by Gasteiger charge is 2.17. The molecule has 0 saturated heterocycles. The summed E-state index contributed by atoms with van der Waals surface area (Å²) >= 11 is 1.62. The van der Waals surface area contributed by atoms with Gasteiger partial charge in [-0.25, -0.2) is 9.67 Å². The first-order chi connectivity index (χ1) is 8.77. The van der Waals surface area contributed by atoms with Gasteiger partial charge in [0, 0.05) is 16.4 Å². The zero-order valence-electron chi connectivity index (χ0n) is 12.0. The molecule has 0 saturated carbocycles. The van der Waals surface area contributed by atoms with Gasteiger partial charge in [0.1, 0.15) is 5.01 Å². The van der Waals surface area contributed by atoms with Crippen LogP contribution in [0.1, 0.15) is 42.0 Å². The first-order valence-corrected chi connectivity index (χ1v) is 7.10. The summed E-state index contributed by atoms with van der Waals surface area (Å²) in [5, 5.41) is 5.38. The Hall–Kier alpha value is -1.49. The lowest BCUT2D eigenvalue weighted by Gasteiger charge is -2.18. The molecule has 2 rings (SSSR count). The average molecular weight is 277 g/mol. The minimum absolute atomic E-state index is 0.0653. The summed E-state index contributed by atoms with van der Waals surface area (Å²) < 4.78 is 1.50. The van der Waals surface area contributed by atoms with E-state index >= 15 is 0 Å². The van der Waals surface area contributed by atoms with Gasteiger partial charge in [-0.3, -0.25) is 4.79 Å². The maximum atomic E-state index is 11.9. The van der Waals surface area contributed by atoms with Crippen molar-refractivity contribution in [2.24, 2.45) is 0 Å². The van der Waals surface area contributed by atoms with Crippen LogP contribution in [-0.4, -0.2) is 14.8 Å². The predicted octanol–water partition coefficient (Wildman–Crippen LogP) is 2.66. The van der Waals surface area contributed by atoms with Crippen molar-refractivity contribution < 1.29 is 0 Å². The van der Waals surface area contributed by atoms with Crippen LogP contribution in [0.2, 0.25) is 0 Å². The molecule has 4 nitrogen and oxygen atoms in total. The van der Waals surface area contributed by atoms with E-state index in [4.69, 9.17) is 0 Å². The number of aryl methyl sites for hydroxylation is 2. The number of aromatic nitrogens is 3. The SMILES string of the molecule is Cc1nc(Cn2nc(C(C)(C)C)ccc2=O)sc1C. The van der Waals surface area contributed by atoms with Crippen LogP contribution in [0.4, 0.5) is 0 Å². The van der Waals surface area contributed by atoms with E-state index < -0.39 is 0 Å². The van der Waals surface area contributed by atoms with Crippen molar-refractivity contribution in [3.8, 4) is 0 Å². The van der Waals surface area contributed by atoms with Gasteiger partial charge in [0.15, 0.2) is 0 Å². The second kappa shape index (κ2) is 4.89. The molecule has 0 aliphatic heterocycles. The van der Waals surface area contributed by atoms with Gasteiger partial charge >= 0.3 is 0 Å². The summed E-state index contributed by atoms with van der Waals surface area (Å²) in [6, 6.07) is 3.39. The van der Waals surface area contributed by atoms with Crippen molar-refractivity contribution in [2.75, 3.05) is 0 Å². The molecule has 0 radical (unpaired) electrons. The molecule has 2 aromatic heterocycles. The van der Waals surface area contributed by atoms with Crippen LogP contribution >= 0.6 is 11.3 Å². The maximum Gasteiger partial charge on any atom is 0.267 e. The van der Waals surface area contributed by atoms with Gasteiger partial charge in [-0.15, -0.1) is 11.3 Å². The van der Waals surface area contributed by atoms with E-state index in [1.807, 2.05) is 13.8 Å². The number of rotatable bonds is 2. The van der Waals surface area contributed by atoms with Crippen LogP contribution < -0.4 is 5.56 Å². The second-order valence-electron chi connectivity index (χ2n) is 5.71. The Bertz CT molecular complexity index is 630. The molecule has 0 spiro atoms. The summed E-state index contributed by atoms with van der Waals surface area (Å²) in [5.74, 6) is 0. The normalized spacial score (nSPS) is 11.8. The van der Waals surface area contributed by atoms with Gasteiger partial charge in [-0.2, -0.15) is 5.10 Å². The minimum atomic E-state index is -0.0847. The summed E-state index contributed by atoms with van der Waals surface area (Å²) in [7, 11) is 0. The molecule has 0 unspecified atom stereocenters. The molecule has 0 aromatic carbocycles. The van der Waals surface area contributed by atoms with Gasteiger partial charge in [-0.1, -0.05) is 20.8 Å². The molecular weight excluding hydrogens is 258 g/mol. The molecule has 0 aliphatic rings. The summed E-state index contributed by atoms with van der Waals surface area (Å²) in [4.78, 5) is 17.5. The van der Waals surface area contributed by atoms with Gasteiger partial charge in [0.05, 0.1) is 17.9 Å². The monoisotopic (exact) mass is 277 g/mol. The predicted molar refractivity (Wildman–Crippen MR) is 77.9 cm³/mol. The summed E-state index contributed by atoms with van der Waals surface area (Å²) in [5.41, 5.74) is 1.79. The molecule has 0 aliphatic carbocycles. The number of thiazole rings is 1. The first-order valence-electron chi connectivity index (χ1n) is 6.29. The lowest BCUT2D eigenvalue weighted by atomic mass is 9.92. The third-order valence-electron chi connectivity index (χ3n) is 2.99. The highest BCUT2D eigenvalue weighted by molar-refractivity contribution is 7.11. The molecule has 102 valence electrons. The number of nitrogens with zero attached hydrogens (tertiary/aromatic N) is 3. The lowest BCUT2D eigenvalue weighted by Crippen LogP contribution is -2.27. The molecule has 2 aromatic rings. The van der Waals surface area contributed by atoms with Crippen LogP contribution in [0.3, 0.4) is 0 Å². The van der Waals surface area contributed by atoms with Gasteiger partial charge < -0.3 is 0 Å². The Kier molecular flexibility index (Phi) is 3.58. The summed E-state index contributed by atoms with van der Waals surface area (Å²) in [6.45, 7) is 10.7. The van der Waals surface area contributed by atoms with Crippen LogP contribution in [0, 0.1) is 13.8 Å². The van der Waals surface area contributed by atoms with E-state index in [1.165, 1.54) is 9.56 Å². The quantitative estimate of drug-likeness (QED) is 0.848. The lowest BCUT2D eigenvalue weighted by molar-refractivity contribution is 0.517.